The molecule has 2 heterocycles. The third-order valence-corrected chi connectivity index (χ3v) is 5.45. The Hall–Kier alpha value is -1.91. The highest BCUT2D eigenvalue weighted by Gasteiger charge is 2.25. The summed E-state index contributed by atoms with van der Waals surface area (Å²) in [6, 6.07) is 2.23. The molecule has 0 aromatic carbocycles. The second kappa shape index (κ2) is 5.47. The first kappa shape index (κ1) is 14.0. The first-order valence-corrected chi connectivity index (χ1v) is 8.35. The number of hydrogen-bond donors (Lipinski definition) is 2. The number of carbonyl (C=O) groups excluding carboxylic acids is 1. The third kappa shape index (κ3) is 2.64. The van der Waals surface area contributed by atoms with Crippen molar-refractivity contribution in [3.8, 4) is 6.07 Å². The van der Waals surface area contributed by atoms with Gasteiger partial charge >= 0.3 is 0 Å². The molecule has 0 saturated heterocycles. The van der Waals surface area contributed by atoms with Crippen LogP contribution in [0.15, 0.2) is 5.38 Å². The molecule has 2 aromatic rings. The van der Waals surface area contributed by atoms with Crippen LogP contribution in [-0.4, -0.2) is 10.9 Å². The van der Waals surface area contributed by atoms with Crippen LogP contribution in [0.4, 0.5) is 10.1 Å². The number of nitrogens with zero attached hydrogens (tertiary/aromatic N) is 2. The van der Waals surface area contributed by atoms with Gasteiger partial charge in [0.05, 0.1) is 5.56 Å². The van der Waals surface area contributed by atoms with E-state index in [1.807, 2.05) is 0 Å². The number of nitrogens with two attached hydrogens (primary N) is 1. The largest absolute Gasteiger partial charge is 0.375 e. The number of carbonyl (C=O) groups is 1. The van der Waals surface area contributed by atoms with Crippen LogP contribution < -0.4 is 11.1 Å². The number of thiazole rings is 1. The fraction of sp³-hybridized carbons (Fsp3) is 0.357. The Bertz CT molecular complexity index is 741. The van der Waals surface area contributed by atoms with Gasteiger partial charge in [-0.15, -0.1) is 22.7 Å². The molecular formula is C14H14N4OS2. The van der Waals surface area contributed by atoms with E-state index in [0.29, 0.717) is 27.3 Å². The number of nitriles is 1. The molecule has 2 aromatic heterocycles. The molecule has 5 nitrogen and oxygen atoms in total. The van der Waals surface area contributed by atoms with E-state index in [1.165, 1.54) is 27.6 Å². The Morgan fingerprint density at radius 1 is 1.62 bits per heavy atom. The highest BCUT2D eigenvalue weighted by molar-refractivity contribution is 7.16. The lowest BCUT2D eigenvalue weighted by molar-refractivity contribution is 0.102. The second-order valence-electron chi connectivity index (χ2n) is 5.19. The summed E-state index contributed by atoms with van der Waals surface area (Å²) >= 11 is 2.74. The third-order valence-electron chi connectivity index (χ3n) is 3.61. The molecule has 1 atom stereocenters. The molecular weight excluding hydrogens is 304 g/mol. The molecule has 108 valence electrons. The van der Waals surface area contributed by atoms with Crippen LogP contribution in [0.2, 0.25) is 0 Å². The summed E-state index contributed by atoms with van der Waals surface area (Å²) < 4.78 is 0. The van der Waals surface area contributed by atoms with E-state index in [2.05, 4.69) is 23.3 Å². The van der Waals surface area contributed by atoms with Crippen LogP contribution in [0.25, 0.3) is 0 Å². The van der Waals surface area contributed by atoms with Crippen molar-refractivity contribution in [1.29, 1.82) is 5.26 Å². The van der Waals surface area contributed by atoms with Crippen LogP contribution >= 0.6 is 22.7 Å². The lowest BCUT2D eigenvalue weighted by Crippen LogP contribution is -2.12. The molecule has 0 spiro atoms. The topological polar surface area (TPSA) is 91.8 Å². The van der Waals surface area contributed by atoms with Gasteiger partial charge in [0.25, 0.3) is 5.91 Å². The first-order chi connectivity index (χ1) is 10.1. The number of aromatic nitrogens is 1. The number of thiophene rings is 1. The van der Waals surface area contributed by atoms with E-state index < -0.39 is 0 Å². The fourth-order valence-corrected chi connectivity index (χ4v) is 4.42. The Morgan fingerprint density at radius 3 is 3.10 bits per heavy atom. The molecule has 1 aliphatic rings. The van der Waals surface area contributed by atoms with Crippen LogP contribution in [0.3, 0.4) is 0 Å². The summed E-state index contributed by atoms with van der Waals surface area (Å²) in [5.74, 6) is 0.315. The SMILES string of the molecule is CC1CCc2c(sc(NC(=O)c3csc(N)n3)c2C#N)C1. The normalized spacial score (nSPS) is 17.0. The Balaban J connectivity index is 1.89. The lowest BCUT2D eigenvalue weighted by Gasteiger charge is -2.17. The fourth-order valence-electron chi connectivity index (χ4n) is 2.52. The van der Waals surface area contributed by atoms with Crippen molar-refractivity contribution < 1.29 is 4.79 Å². The average molecular weight is 318 g/mol. The van der Waals surface area contributed by atoms with Crippen LogP contribution in [-0.2, 0) is 12.8 Å². The van der Waals surface area contributed by atoms with E-state index in [0.717, 1.165) is 24.8 Å². The quantitative estimate of drug-likeness (QED) is 0.890. The molecule has 21 heavy (non-hydrogen) atoms. The zero-order valence-corrected chi connectivity index (χ0v) is 13.1. The van der Waals surface area contributed by atoms with Gasteiger partial charge in [0.1, 0.15) is 16.8 Å². The van der Waals surface area contributed by atoms with Crippen LogP contribution in [0.1, 0.15) is 39.8 Å². The molecule has 0 fully saturated rings. The highest BCUT2D eigenvalue weighted by Crippen LogP contribution is 2.39. The monoisotopic (exact) mass is 318 g/mol. The van der Waals surface area contributed by atoms with Crippen molar-refractivity contribution >= 4 is 38.7 Å². The summed E-state index contributed by atoms with van der Waals surface area (Å²) in [6.45, 7) is 2.21. The minimum absolute atomic E-state index is 0.293. The molecule has 3 rings (SSSR count). The van der Waals surface area contributed by atoms with Crippen molar-refractivity contribution in [2.45, 2.75) is 26.2 Å². The van der Waals surface area contributed by atoms with Crippen molar-refractivity contribution in [2.24, 2.45) is 5.92 Å². The maximum absolute atomic E-state index is 12.1. The molecule has 1 amide bonds. The first-order valence-electron chi connectivity index (χ1n) is 6.65. The van der Waals surface area contributed by atoms with Crippen molar-refractivity contribution in [3.05, 3.63) is 27.1 Å². The maximum Gasteiger partial charge on any atom is 0.275 e. The van der Waals surface area contributed by atoms with Gasteiger partial charge in [-0.1, -0.05) is 6.92 Å². The summed E-state index contributed by atoms with van der Waals surface area (Å²) in [6.07, 6.45) is 2.98. The number of nitrogens with one attached hydrogen (secondary N) is 1. The van der Waals surface area contributed by atoms with Gasteiger partial charge in [0.2, 0.25) is 0 Å². The Morgan fingerprint density at radius 2 is 2.43 bits per heavy atom. The van der Waals surface area contributed by atoms with E-state index in [1.54, 1.807) is 5.38 Å². The van der Waals surface area contributed by atoms with Gasteiger partial charge in [-0.2, -0.15) is 5.26 Å². The van der Waals surface area contributed by atoms with E-state index >= 15 is 0 Å². The maximum atomic E-state index is 12.1. The molecule has 3 N–H and O–H groups in total. The summed E-state index contributed by atoms with van der Waals surface area (Å²) in [5, 5.41) is 14.8. The minimum Gasteiger partial charge on any atom is -0.375 e. The van der Waals surface area contributed by atoms with Crippen LogP contribution in [0, 0.1) is 17.2 Å². The Kier molecular flexibility index (Phi) is 3.66. The van der Waals surface area contributed by atoms with Gasteiger partial charge in [0, 0.05) is 10.3 Å². The summed E-state index contributed by atoms with van der Waals surface area (Å²) in [7, 11) is 0. The van der Waals surface area contributed by atoms with Gasteiger partial charge in [0.15, 0.2) is 5.13 Å². The van der Waals surface area contributed by atoms with Gasteiger partial charge in [-0.25, -0.2) is 4.98 Å². The molecule has 0 bridgehead atoms. The van der Waals surface area contributed by atoms with Gasteiger partial charge in [-0.3, -0.25) is 4.79 Å². The molecule has 0 radical (unpaired) electrons. The standard InChI is InChI=1S/C14H14N4OS2/c1-7-2-3-8-9(5-15)13(21-11(8)4-7)18-12(19)10-6-20-14(16)17-10/h6-7H,2-4H2,1H3,(H2,16,17)(H,18,19). The number of hydrogen-bond acceptors (Lipinski definition) is 6. The van der Waals surface area contributed by atoms with E-state index in [4.69, 9.17) is 5.73 Å². The molecule has 1 aliphatic carbocycles. The molecule has 1 unspecified atom stereocenters. The number of rotatable bonds is 2. The van der Waals surface area contributed by atoms with Crippen LogP contribution in [0.5, 0.6) is 0 Å². The van der Waals surface area contributed by atoms with Gasteiger partial charge < -0.3 is 11.1 Å². The average Bonchev–Trinajstić information content (AvgIpc) is 3.01. The zero-order chi connectivity index (χ0) is 15.0. The number of anilines is 2. The summed E-state index contributed by atoms with van der Waals surface area (Å²) in [4.78, 5) is 17.3. The molecule has 0 saturated carbocycles. The predicted molar refractivity (Wildman–Crippen MR) is 84.7 cm³/mol. The van der Waals surface area contributed by atoms with Crippen molar-refractivity contribution in [3.63, 3.8) is 0 Å². The zero-order valence-electron chi connectivity index (χ0n) is 11.5. The number of fused-ring (bicyclic) bond motifs is 1. The van der Waals surface area contributed by atoms with Crippen molar-refractivity contribution in [1.82, 2.24) is 4.98 Å². The van der Waals surface area contributed by atoms with E-state index in [-0.39, 0.29) is 5.91 Å². The minimum atomic E-state index is -0.314. The second-order valence-corrected chi connectivity index (χ2v) is 7.19. The number of nitrogen functional groups attached to an aromatic ring is 1. The predicted octanol–water partition coefficient (Wildman–Crippen LogP) is 3.04. The molecule has 7 heteroatoms. The van der Waals surface area contributed by atoms with Crippen molar-refractivity contribution in [2.75, 3.05) is 11.1 Å². The summed E-state index contributed by atoms with van der Waals surface area (Å²) in [5.41, 5.74) is 7.55. The van der Waals surface area contributed by atoms with Gasteiger partial charge in [-0.05, 0) is 30.7 Å². The number of amides is 1. The smallest absolute Gasteiger partial charge is 0.275 e. The Labute approximate surface area is 130 Å². The van der Waals surface area contributed by atoms with E-state index in [9.17, 15) is 10.1 Å². The highest BCUT2D eigenvalue weighted by atomic mass is 32.1. The lowest BCUT2D eigenvalue weighted by atomic mass is 9.89. The molecule has 0 aliphatic heterocycles.